The van der Waals surface area contributed by atoms with Gasteiger partial charge in [0.25, 0.3) is 0 Å². The molecule has 5 rings (SSSR count). The zero-order valence-corrected chi connectivity index (χ0v) is 18.5. The van der Waals surface area contributed by atoms with Gasteiger partial charge >= 0.3 is 0 Å². The van der Waals surface area contributed by atoms with Crippen LogP contribution in [-0.4, -0.2) is 38.8 Å². The smallest absolute Gasteiger partial charge is 0.107 e. The lowest BCUT2D eigenvalue weighted by molar-refractivity contribution is 0.189. The number of rotatable bonds is 6. The summed E-state index contributed by atoms with van der Waals surface area (Å²) in [4.78, 5) is 9.97. The maximum Gasteiger partial charge on any atom is 0.107 e. The maximum absolute atomic E-state index is 4.55. The Morgan fingerprint density at radius 2 is 2.14 bits per heavy atom. The number of halogens is 1. The molecular formula is C20H26ClN5S2. The summed E-state index contributed by atoms with van der Waals surface area (Å²) in [6.45, 7) is 4.33. The summed E-state index contributed by atoms with van der Waals surface area (Å²) in [6.07, 6.45) is 9.95. The highest BCUT2D eigenvalue weighted by atomic mass is 35.5. The van der Waals surface area contributed by atoms with E-state index in [0.29, 0.717) is 11.5 Å². The lowest BCUT2D eigenvalue weighted by Gasteiger charge is -2.28. The summed E-state index contributed by atoms with van der Waals surface area (Å²) in [5.74, 6) is 0. The molecule has 1 saturated carbocycles. The Balaban J connectivity index is 0.00000192. The van der Waals surface area contributed by atoms with Crippen LogP contribution in [-0.2, 0) is 20.1 Å². The quantitative estimate of drug-likeness (QED) is 0.631. The Kier molecular flexibility index (Phi) is 5.90. The van der Waals surface area contributed by atoms with E-state index in [1.165, 1.54) is 52.7 Å². The van der Waals surface area contributed by atoms with Crippen LogP contribution in [0.2, 0.25) is 0 Å². The second-order valence-electron chi connectivity index (χ2n) is 7.83. The van der Waals surface area contributed by atoms with Gasteiger partial charge in [-0.15, -0.1) is 35.1 Å². The summed E-state index contributed by atoms with van der Waals surface area (Å²) in [5.41, 5.74) is 1.76. The molecule has 1 aliphatic carbocycles. The molecule has 0 aromatic carbocycles. The third kappa shape index (κ3) is 4.04. The number of thiophene rings is 1. The van der Waals surface area contributed by atoms with Gasteiger partial charge in [0.1, 0.15) is 5.01 Å². The molecule has 0 radical (unpaired) electrons. The van der Waals surface area contributed by atoms with Gasteiger partial charge in [-0.25, -0.2) is 4.98 Å². The van der Waals surface area contributed by atoms with Crippen molar-refractivity contribution in [1.29, 1.82) is 0 Å². The van der Waals surface area contributed by atoms with Crippen LogP contribution in [0.5, 0.6) is 0 Å². The van der Waals surface area contributed by atoms with Gasteiger partial charge in [0, 0.05) is 52.7 Å². The third-order valence-corrected chi connectivity index (χ3v) is 7.90. The monoisotopic (exact) mass is 435 g/mol. The highest BCUT2D eigenvalue weighted by molar-refractivity contribution is 7.15. The Hall–Kier alpha value is -1.25. The van der Waals surface area contributed by atoms with E-state index in [9.17, 15) is 0 Å². The van der Waals surface area contributed by atoms with E-state index >= 15 is 0 Å². The minimum atomic E-state index is 0. The van der Waals surface area contributed by atoms with Crippen molar-refractivity contribution in [3.05, 3.63) is 46.0 Å². The minimum Gasteiger partial charge on any atom is -0.317 e. The van der Waals surface area contributed by atoms with Crippen molar-refractivity contribution >= 4 is 35.1 Å². The highest BCUT2D eigenvalue weighted by Crippen LogP contribution is 2.56. The van der Waals surface area contributed by atoms with Crippen LogP contribution in [0.4, 0.5) is 0 Å². The van der Waals surface area contributed by atoms with Crippen molar-refractivity contribution < 1.29 is 0 Å². The molecule has 4 heterocycles. The van der Waals surface area contributed by atoms with E-state index < -0.39 is 0 Å². The molecule has 1 aliphatic heterocycles. The van der Waals surface area contributed by atoms with E-state index in [4.69, 9.17) is 0 Å². The standard InChI is InChI=1S/C20H25N5S2.ClH/c1-24-12-15(11-23-24)17-3-2-16(27-17)13-25(14-19-22-8-9-26-19)18-10-20(18)4-6-21-7-5-20;/h2-3,8-9,11-12,18,21H,4-7,10,13-14H2,1H3;1H. The lowest BCUT2D eigenvalue weighted by atomic mass is 9.93. The molecule has 0 amide bonds. The van der Waals surface area contributed by atoms with Crippen LogP contribution in [0.1, 0.15) is 29.1 Å². The van der Waals surface area contributed by atoms with E-state index in [-0.39, 0.29) is 12.4 Å². The molecule has 1 unspecified atom stereocenters. The number of thiazole rings is 1. The molecule has 1 saturated heterocycles. The number of hydrogen-bond donors (Lipinski definition) is 1. The lowest BCUT2D eigenvalue weighted by Crippen LogP contribution is -2.35. The van der Waals surface area contributed by atoms with Crippen molar-refractivity contribution in [3.8, 4) is 10.4 Å². The van der Waals surface area contributed by atoms with Gasteiger partial charge in [-0.1, -0.05) is 0 Å². The van der Waals surface area contributed by atoms with Gasteiger partial charge in [0.2, 0.25) is 0 Å². The molecule has 3 aromatic heterocycles. The van der Waals surface area contributed by atoms with Gasteiger partial charge in [-0.2, -0.15) is 5.10 Å². The first-order chi connectivity index (χ1) is 13.2. The summed E-state index contributed by atoms with van der Waals surface area (Å²) < 4.78 is 1.87. The number of hydrogen-bond acceptors (Lipinski definition) is 6. The SMILES string of the molecule is Cl.Cn1cc(-c2ccc(CN(Cc3nccs3)C3CC34CCNCC4)s2)cn1. The topological polar surface area (TPSA) is 46.0 Å². The molecule has 2 aliphatic rings. The molecule has 1 atom stereocenters. The van der Waals surface area contributed by atoms with Gasteiger partial charge in [0.05, 0.1) is 12.7 Å². The summed E-state index contributed by atoms with van der Waals surface area (Å²) in [6, 6.07) is 5.23. The zero-order chi connectivity index (χ0) is 18.3. The van der Waals surface area contributed by atoms with Gasteiger partial charge in [-0.05, 0) is 49.9 Å². The molecule has 1 spiro atoms. The van der Waals surface area contributed by atoms with Gasteiger partial charge < -0.3 is 5.32 Å². The third-order valence-electron chi connectivity index (χ3n) is 6.02. The predicted octanol–water partition coefficient (Wildman–Crippen LogP) is 4.17. The van der Waals surface area contributed by atoms with E-state index in [1.807, 2.05) is 35.5 Å². The number of aromatic nitrogens is 3. The molecule has 8 heteroatoms. The fourth-order valence-electron chi connectivity index (χ4n) is 4.45. The molecule has 150 valence electrons. The van der Waals surface area contributed by atoms with Crippen LogP contribution in [0.15, 0.2) is 36.1 Å². The van der Waals surface area contributed by atoms with Crippen molar-refractivity contribution in [2.24, 2.45) is 12.5 Å². The average molecular weight is 436 g/mol. The molecule has 2 fully saturated rings. The second-order valence-corrected chi connectivity index (χ2v) is 9.98. The Bertz CT molecular complexity index is 897. The van der Waals surface area contributed by atoms with E-state index in [1.54, 1.807) is 11.3 Å². The first-order valence-corrected chi connectivity index (χ1v) is 11.3. The predicted molar refractivity (Wildman–Crippen MR) is 118 cm³/mol. The van der Waals surface area contributed by atoms with Crippen molar-refractivity contribution in [1.82, 2.24) is 25.0 Å². The van der Waals surface area contributed by atoms with Crippen LogP contribution in [0.3, 0.4) is 0 Å². The van der Waals surface area contributed by atoms with E-state index in [0.717, 1.165) is 13.1 Å². The normalized spacial score (nSPS) is 20.4. The summed E-state index contributed by atoms with van der Waals surface area (Å²) in [5, 5.41) is 11.2. The largest absolute Gasteiger partial charge is 0.317 e. The number of nitrogens with one attached hydrogen (secondary N) is 1. The van der Waals surface area contributed by atoms with Crippen LogP contribution in [0, 0.1) is 5.41 Å². The van der Waals surface area contributed by atoms with Gasteiger partial charge in [-0.3, -0.25) is 9.58 Å². The first kappa shape index (κ1) is 20.0. The molecular weight excluding hydrogens is 410 g/mol. The Morgan fingerprint density at radius 1 is 1.29 bits per heavy atom. The number of piperidine rings is 1. The molecule has 5 nitrogen and oxygen atoms in total. The van der Waals surface area contributed by atoms with Crippen LogP contribution >= 0.6 is 35.1 Å². The van der Waals surface area contributed by atoms with Crippen LogP contribution < -0.4 is 5.32 Å². The van der Waals surface area contributed by atoms with Crippen LogP contribution in [0.25, 0.3) is 10.4 Å². The molecule has 3 aromatic rings. The van der Waals surface area contributed by atoms with Crippen molar-refractivity contribution in [2.75, 3.05) is 13.1 Å². The number of aryl methyl sites for hydroxylation is 1. The Labute approximate surface area is 180 Å². The fraction of sp³-hybridized carbons (Fsp3) is 0.500. The van der Waals surface area contributed by atoms with Gasteiger partial charge in [0.15, 0.2) is 0 Å². The maximum atomic E-state index is 4.55. The van der Waals surface area contributed by atoms with Crippen molar-refractivity contribution in [3.63, 3.8) is 0 Å². The average Bonchev–Trinajstić information content (AvgIpc) is 3.17. The minimum absolute atomic E-state index is 0. The zero-order valence-electron chi connectivity index (χ0n) is 16.0. The molecule has 0 bridgehead atoms. The molecule has 1 N–H and O–H groups in total. The molecule has 28 heavy (non-hydrogen) atoms. The van der Waals surface area contributed by atoms with E-state index in [2.05, 4.69) is 44.0 Å². The fourth-order valence-corrected chi connectivity index (χ4v) is 6.10. The van der Waals surface area contributed by atoms with Crippen molar-refractivity contribution in [2.45, 2.75) is 38.4 Å². The summed E-state index contributed by atoms with van der Waals surface area (Å²) in [7, 11) is 1.97. The highest BCUT2D eigenvalue weighted by Gasteiger charge is 2.56. The first-order valence-electron chi connectivity index (χ1n) is 9.63. The second kappa shape index (κ2) is 8.24. The number of nitrogens with zero attached hydrogens (tertiary/aromatic N) is 4. The summed E-state index contributed by atoms with van der Waals surface area (Å²) >= 11 is 3.67. The Morgan fingerprint density at radius 3 is 2.86 bits per heavy atom.